The number of aliphatic hydroxyl groups excluding tert-OH is 4. The monoisotopic (exact) mass is 196 g/mol. The highest BCUT2D eigenvalue weighted by atomic mass is 19.1. The van der Waals surface area contributed by atoms with Gasteiger partial charge >= 0.3 is 0 Å². The summed E-state index contributed by atoms with van der Waals surface area (Å²) in [5.74, 6) is -1.15. The first-order valence-corrected chi connectivity index (χ1v) is 3.98. The first-order valence-electron chi connectivity index (χ1n) is 3.98. The lowest BCUT2D eigenvalue weighted by atomic mass is 9.92. The summed E-state index contributed by atoms with van der Waals surface area (Å²) in [5.41, 5.74) is 0. The molecule has 0 aromatic heterocycles. The van der Waals surface area contributed by atoms with Gasteiger partial charge in [-0.05, 0) is 0 Å². The molecule has 0 saturated carbocycles. The van der Waals surface area contributed by atoms with Gasteiger partial charge in [0.15, 0.2) is 6.29 Å². The van der Waals surface area contributed by atoms with Gasteiger partial charge in [-0.15, -0.1) is 0 Å². The van der Waals surface area contributed by atoms with E-state index in [9.17, 15) is 14.6 Å². The standard InChI is InChI=1S/C7H13FO5/c8-1-3-5(10)6(11)4(2-9)13-7(3)12/h3-7,9-12H,1-2H2/t3?,4-,5?,6-,7?/m1/s1. The van der Waals surface area contributed by atoms with E-state index >= 15 is 0 Å². The van der Waals surface area contributed by atoms with Crippen molar-refractivity contribution in [3.05, 3.63) is 0 Å². The van der Waals surface area contributed by atoms with Gasteiger partial charge in [0.2, 0.25) is 0 Å². The molecule has 1 fully saturated rings. The van der Waals surface area contributed by atoms with Crippen LogP contribution in [0.15, 0.2) is 0 Å². The second-order valence-corrected chi connectivity index (χ2v) is 3.05. The first-order chi connectivity index (χ1) is 6.11. The normalized spacial score (nSPS) is 46.4. The van der Waals surface area contributed by atoms with Crippen LogP contribution < -0.4 is 0 Å². The summed E-state index contributed by atoms with van der Waals surface area (Å²) in [7, 11) is 0. The van der Waals surface area contributed by atoms with Crippen molar-refractivity contribution in [3.8, 4) is 0 Å². The molecule has 6 heteroatoms. The second-order valence-electron chi connectivity index (χ2n) is 3.05. The summed E-state index contributed by atoms with van der Waals surface area (Å²) in [6.07, 6.45) is -5.33. The van der Waals surface area contributed by atoms with E-state index in [1.165, 1.54) is 0 Å². The van der Waals surface area contributed by atoms with Gasteiger partial charge in [-0.3, -0.25) is 4.39 Å². The summed E-state index contributed by atoms with van der Waals surface area (Å²) in [5, 5.41) is 36.3. The van der Waals surface area contributed by atoms with E-state index in [4.69, 9.17) is 10.2 Å². The molecule has 1 heterocycles. The molecule has 1 aliphatic rings. The lowest BCUT2D eigenvalue weighted by molar-refractivity contribution is -0.271. The molecule has 0 radical (unpaired) electrons. The van der Waals surface area contributed by atoms with Crippen LogP contribution in [-0.2, 0) is 4.74 Å². The zero-order valence-corrected chi connectivity index (χ0v) is 6.88. The molecule has 0 amide bonds. The molecule has 5 atom stereocenters. The van der Waals surface area contributed by atoms with Gasteiger partial charge in [0.05, 0.1) is 25.3 Å². The molecule has 3 unspecified atom stereocenters. The molecule has 0 bridgehead atoms. The smallest absolute Gasteiger partial charge is 0.163 e. The van der Waals surface area contributed by atoms with Gasteiger partial charge in [-0.25, -0.2) is 0 Å². The zero-order chi connectivity index (χ0) is 10.0. The molecule has 78 valence electrons. The van der Waals surface area contributed by atoms with Crippen LogP contribution in [0.2, 0.25) is 0 Å². The number of ether oxygens (including phenoxy) is 1. The zero-order valence-electron chi connectivity index (χ0n) is 6.88. The minimum absolute atomic E-state index is 0.533. The van der Waals surface area contributed by atoms with Crippen molar-refractivity contribution in [2.75, 3.05) is 13.3 Å². The number of halogens is 1. The van der Waals surface area contributed by atoms with Crippen molar-refractivity contribution in [1.29, 1.82) is 0 Å². The maximum atomic E-state index is 12.2. The number of alkyl halides is 1. The minimum atomic E-state index is -1.49. The molecule has 0 aliphatic carbocycles. The van der Waals surface area contributed by atoms with Crippen LogP contribution in [-0.4, -0.2) is 58.3 Å². The van der Waals surface area contributed by atoms with Crippen LogP contribution in [0.25, 0.3) is 0 Å². The Hall–Kier alpha value is -0.270. The number of hydrogen-bond acceptors (Lipinski definition) is 5. The van der Waals surface area contributed by atoms with Crippen molar-refractivity contribution in [1.82, 2.24) is 0 Å². The number of rotatable bonds is 2. The Labute approximate surface area is 74.4 Å². The van der Waals surface area contributed by atoms with Crippen molar-refractivity contribution in [2.45, 2.75) is 24.6 Å². The summed E-state index contributed by atoms with van der Waals surface area (Å²) < 4.78 is 16.9. The molecule has 0 spiro atoms. The fraction of sp³-hybridized carbons (Fsp3) is 1.00. The Morgan fingerprint density at radius 2 is 1.77 bits per heavy atom. The molecule has 0 aromatic rings. The summed E-state index contributed by atoms with van der Waals surface area (Å²) in [6, 6.07) is 0. The quantitative estimate of drug-likeness (QED) is 0.410. The SMILES string of the molecule is OC[C@H]1OC(O)C(CF)C(O)[C@@H]1O. The third-order valence-electron chi connectivity index (χ3n) is 2.21. The molecule has 0 aromatic carbocycles. The fourth-order valence-electron chi connectivity index (χ4n) is 1.32. The van der Waals surface area contributed by atoms with Gasteiger partial charge in [0.1, 0.15) is 12.2 Å². The highest BCUT2D eigenvalue weighted by molar-refractivity contribution is 4.87. The Kier molecular flexibility index (Phi) is 3.57. The average molecular weight is 196 g/mol. The van der Waals surface area contributed by atoms with E-state index in [1.54, 1.807) is 0 Å². The molecular formula is C7H13FO5. The third-order valence-corrected chi connectivity index (χ3v) is 2.21. The lowest BCUT2D eigenvalue weighted by Gasteiger charge is -2.38. The third kappa shape index (κ3) is 1.97. The Bertz CT molecular complexity index is 167. The molecule has 1 saturated heterocycles. The predicted molar refractivity (Wildman–Crippen MR) is 39.4 cm³/mol. The summed E-state index contributed by atoms with van der Waals surface area (Å²) in [4.78, 5) is 0. The van der Waals surface area contributed by atoms with Crippen molar-refractivity contribution in [3.63, 3.8) is 0 Å². The van der Waals surface area contributed by atoms with Gasteiger partial charge in [0, 0.05) is 0 Å². The number of aliphatic hydroxyl groups is 4. The Morgan fingerprint density at radius 1 is 1.15 bits per heavy atom. The van der Waals surface area contributed by atoms with Crippen molar-refractivity contribution in [2.24, 2.45) is 5.92 Å². The average Bonchev–Trinajstić information content (AvgIpc) is 2.12. The number of hydrogen-bond donors (Lipinski definition) is 4. The first kappa shape index (κ1) is 10.8. The van der Waals surface area contributed by atoms with Gasteiger partial charge in [-0.1, -0.05) is 0 Å². The molecule has 1 rings (SSSR count). The van der Waals surface area contributed by atoms with Gasteiger partial charge < -0.3 is 25.2 Å². The molecular weight excluding hydrogens is 183 g/mol. The second kappa shape index (κ2) is 4.30. The maximum absolute atomic E-state index is 12.2. The van der Waals surface area contributed by atoms with E-state index < -0.39 is 43.8 Å². The van der Waals surface area contributed by atoms with E-state index in [-0.39, 0.29) is 0 Å². The highest BCUT2D eigenvalue weighted by Gasteiger charge is 2.43. The minimum Gasteiger partial charge on any atom is -0.394 e. The summed E-state index contributed by atoms with van der Waals surface area (Å²) >= 11 is 0. The van der Waals surface area contributed by atoms with Crippen molar-refractivity contribution < 1.29 is 29.6 Å². The van der Waals surface area contributed by atoms with E-state index in [0.29, 0.717) is 0 Å². The fourth-order valence-corrected chi connectivity index (χ4v) is 1.32. The molecule has 13 heavy (non-hydrogen) atoms. The lowest BCUT2D eigenvalue weighted by Crippen LogP contribution is -2.56. The van der Waals surface area contributed by atoms with Crippen LogP contribution in [0.5, 0.6) is 0 Å². The summed E-state index contributed by atoms with van der Waals surface area (Å²) in [6.45, 7) is -1.52. The van der Waals surface area contributed by atoms with Crippen molar-refractivity contribution >= 4 is 0 Å². The Balaban J connectivity index is 2.66. The van der Waals surface area contributed by atoms with Crippen LogP contribution in [0.4, 0.5) is 4.39 Å². The van der Waals surface area contributed by atoms with Crippen LogP contribution in [0.1, 0.15) is 0 Å². The Morgan fingerprint density at radius 3 is 2.23 bits per heavy atom. The van der Waals surface area contributed by atoms with Crippen LogP contribution in [0.3, 0.4) is 0 Å². The van der Waals surface area contributed by atoms with E-state index in [0.717, 1.165) is 0 Å². The van der Waals surface area contributed by atoms with Gasteiger partial charge in [0.25, 0.3) is 0 Å². The van der Waals surface area contributed by atoms with E-state index in [2.05, 4.69) is 4.74 Å². The largest absolute Gasteiger partial charge is 0.394 e. The maximum Gasteiger partial charge on any atom is 0.163 e. The van der Waals surface area contributed by atoms with Gasteiger partial charge in [-0.2, -0.15) is 0 Å². The van der Waals surface area contributed by atoms with E-state index in [1.807, 2.05) is 0 Å². The highest BCUT2D eigenvalue weighted by Crippen LogP contribution is 2.24. The van der Waals surface area contributed by atoms with Crippen LogP contribution in [0, 0.1) is 5.92 Å². The molecule has 1 aliphatic heterocycles. The topological polar surface area (TPSA) is 90.2 Å². The van der Waals surface area contributed by atoms with Crippen LogP contribution >= 0.6 is 0 Å². The predicted octanol–water partition coefficient (Wildman–Crippen LogP) is -2.00. The molecule has 4 N–H and O–H groups in total. The molecule has 5 nitrogen and oxygen atoms in total.